The molecule has 218 valence electrons. The molecule has 0 spiro atoms. The van der Waals surface area contributed by atoms with E-state index in [-0.39, 0.29) is 19.1 Å². The first-order valence-electron chi connectivity index (χ1n) is 14.2. The van der Waals surface area contributed by atoms with Gasteiger partial charge in [-0.3, -0.25) is 13.8 Å². The Morgan fingerprint density at radius 3 is 2.11 bits per heavy atom. The zero-order chi connectivity index (χ0) is 28.0. The minimum Gasteiger partial charge on any atom is -0.387 e. The molecular formula is C28H56N2O6P+. The van der Waals surface area contributed by atoms with E-state index >= 15 is 0 Å². The Labute approximate surface area is 226 Å². The maximum Gasteiger partial charge on any atom is 0.472 e. The molecule has 0 bridgehead atoms. The van der Waals surface area contributed by atoms with Crippen molar-refractivity contribution < 1.29 is 32.9 Å². The maximum absolute atomic E-state index is 12.2. The number of aliphatic hydroxyl groups excluding tert-OH is 1. The molecule has 0 aliphatic rings. The van der Waals surface area contributed by atoms with Crippen molar-refractivity contribution in [2.75, 3.05) is 40.9 Å². The second kappa shape index (κ2) is 21.9. The molecule has 0 radical (unpaired) electrons. The van der Waals surface area contributed by atoms with Gasteiger partial charge in [0.05, 0.1) is 39.9 Å². The molecule has 0 rings (SSSR count). The lowest BCUT2D eigenvalue weighted by Gasteiger charge is -2.25. The summed E-state index contributed by atoms with van der Waals surface area (Å²) in [6.45, 7) is 4.38. The fraction of sp³-hybridized carbons (Fsp3) is 0.821. The van der Waals surface area contributed by atoms with Crippen LogP contribution in [0.4, 0.5) is 0 Å². The summed E-state index contributed by atoms with van der Waals surface area (Å²) in [4.78, 5) is 22.1. The van der Waals surface area contributed by atoms with Gasteiger partial charge >= 0.3 is 7.82 Å². The molecule has 0 saturated heterocycles. The van der Waals surface area contributed by atoms with Gasteiger partial charge in [0.15, 0.2) is 0 Å². The largest absolute Gasteiger partial charge is 0.472 e. The Kier molecular flexibility index (Phi) is 21.3. The number of phosphoric acid groups is 1. The van der Waals surface area contributed by atoms with E-state index in [0.717, 1.165) is 19.3 Å². The SMILES string of the molecule is CCCCCCCCCC/C=C/CC/C=C/C(O)C(COP(=O)(O)OCC[N+](C)(C)C)NC(=O)CCC. The number of hydrogen-bond donors (Lipinski definition) is 3. The molecule has 0 aromatic carbocycles. The molecule has 3 unspecified atom stereocenters. The number of carbonyl (C=O) groups is 1. The van der Waals surface area contributed by atoms with Crippen LogP contribution in [-0.4, -0.2) is 73.4 Å². The van der Waals surface area contributed by atoms with Crippen molar-refractivity contribution in [3.8, 4) is 0 Å². The first kappa shape index (κ1) is 36.0. The highest BCUT2D eigenvalue weighted by Gasteiger charge is 2.27. The predicted octanol–water partition coefficient (Wildman–Crippen LogP) is 5.90. The summed E-state index contributed by atoms with van der Waals surface area (Å²) >= 11 is 0. The van der Waals surface area contributed by atoms with Gasteiger partial charge in [-0.2, -0.15) is 0 Å². The smallest absolute Gasteiger partial charge is 0.387 e. The lowest BCUT2D eigenvalue weighted by atomic mass is 10.1. The molecule has 0 heterocycles. The highest BCUT2D eigenvalue weighted by atomic mass is 31.2. The van der Waals surface area contributed by atoms with Crippen LogP contribution in [0.1, 0.15) is 97.3 Å². The molecule has 37 heavy (non-hydrogen) atoms. The number of quaternary nitrogens is 1. The molecule has 0 aliphatic heterocycles. The summed E-state index contributed by atoms with van der Waals surface area (Å²) in [5.41, 5.74) is 0. The molecule has 9 heteroatoms. The number of amides is 1. The monoisotopic (exact) mass is 547 g/mol. The predicted molar refractivity (Wildman–Crippen MR) is 152 cm³/mol. The number of nitrogens with one attached hydrogen (secondary N) is 1. The Bertz CT molecular complexity index is 678. The van der Waals surface area contributed by atoms with Gasteiger partial charge in [-0.05, 0) is 32.1 Å². The van der Waals surface area contributed by atoms with Crippen LogP contribution in [0.2, 0.25) is 0 Å². The van der Waals surface area contributed by atoms with E-state index < -0.39 is 20.0 Å². The number of carbonyl (C=O) groups excluding carboxylic acids is 1. The number of unbranched alkanes of at least 4 members (excludes halogenated alkanes) is 9. The molecule has 1 amide bonds. The Balaban J connectivity index is 4.42. The fourth-order valence-electron chi connectivity index (χ4n) is 3.57. The third kappa shape index (κ3) is 23.8. The number of allylic oxidation sites excluding steroid dienone is 3. The minimum atomic E-state index is -4.30. The fourth-order valence-corrected chi connectivity index (χ4v) is 4.30. The second-order valence-corrected chi connectivity index (χ2v) is 12.2. The van der Waals surface area contributed by atoms with Crippen LogP contribution in [0.25, 0.3) is 0 Å². The van der Waals surface area contributed by atoms with Crippen molar-refractivity contribution in [2.45, 2.75) is 109 Å². The molecule has 8 nitrogen and oxygen atoms in total. The topological polar surface area (TPSA) is 105 Å². The number of likely N-dealkylation sites (N-methyl/N-ethyl adjacent to an activating group) is 1. The van der Waals surface area contributed by atoms with Crippen molar-refractivity contribution in [1.29, 1.82) is 0 Å². The van der Waals surface area contributed by atoms with Gasteiger partial charge in [0.1, 0.15) is 13.2 Å². The van der Waals surface area contributed by atoms with Crippen LogP contribution in [0.5, 0.6) is 0 Å². The van der Waals surface area contributed by atoms with Gasteiger partial charge in [-0.1, -0.05) is 83.1 Å². The number of phosphoric ester groups is 1. The molecule has 3 N–H and O–H groups in total. The van der Waals surface area contributed by atoms with E-state index in [4.69, 9.17) is 9.05 Å². The number of hydrogen-bond acceptors (Lipinski definition) is 5. The molecule has 0 fully saturated rings. The highest BCUT2D eigenvalue weighted by molar-refractivity contribution is 7.47. The van der Waals surface area contributed by atoms with Gasteiger partial charge < -0.3 is 19.8 Å². The molecule has 0 aromatic rings. The average Bonchev–Trinajstić information content (AvgIpc) is 2.81. The quantitative estimate of drug-likeness (QED) is 0.0602. The lowest BCUT2D eigenvalue weighted by Crippen LogP contribution is -2.45. The lowest BCUT2D eigenvalue weighted by molar-refractivity contribution is -0.870. The van der Waals surface area contributed by atoms with E-state index in [1.807, 2.05) is 34.1 Å². The third-order valence-electron chi connectivity index (χ3n) is 5.89. The molecule has 0 saturated carbocycles. The molecule has 3 atom stereocenters. The van der Waals surface area contributed by atoms with Crippen molar-refractivity contribution in [3.63, 3.8) is 0 Å². The first-order valence-corrected chi connectivity index (χ1v) is 15.7. The van der Waals surface area contributed by atoms with Crippen LogP contribution in [0.3, 0.4) is 0 Å². The van der Waals surface area contributed by atoms with E-state index in [2.05, 4.69) is 24.4 Å². The molecular weight excluding hydrogens is 491 g/mol. The highest BCUT2D eigenvalue weighted by Crippen LogP contribution is 2.43. The van der Waals surface area contributed by atoms with E-state index in [9.17, 15) is 19.4 Å². The third-order valence-corrected chi connectivity index (χ3v) is 6.88. The summed E-state index contributed by atoms with van der Waals surface area (Å²) in [5, 5.41) is 13.3. The summed E-state index contributed by atoms with van der Waals surface area (Å²) in [7, 11) is 1.54. The van der Waals surface area contributed by atoms with E-state index in [1.54, 1.807) is 6.08 Å². The number of aliphatic hydroxyl groups is 1. The normalized spacial score (nSPS) is 15.8. The van der Waals surface area contributed by atoms with Crippen LogP contribution in [0, 0.1) is 0 Å². The van der Waals surface area contributed by atoms with Gasteiger partial charge in [-0.15, -0.1) is 0 Å². The average molecular weight is 548 g/mol. The van der Waals surface area contributed by atoms with Crippen molar-refractivity contribution in [3.05, 3.63) is 24.3 Å². The van der Waals surface area contributed by atoms with Gasteiger partial charge in [-0.25, -0.2) is 4.57 Å². The zero-order valence-corrected chi connectivity index (χ0v) is 25.1. The van der Waals surface area contributed by atoms with Gasteiger partial charge in [0.25, 0.3) is 0 Å². The zero-order valence-electron chi connectivity index (χ0n) is 24.2. The van der Waals surface area contributed by atoms with Gasteiger partial charge in [0, 0.05) is 6.42 Å². The number of nitrogens with zero attached hydrogens (tertiary/aromatic N) is 1. The van der Waals surface area contributed by atoms with Crippen molar-refractivity contribution in [1.82, 2.24) is 5.32 Å². The van der Waals surface area contributed by atoms with Crippen LogP contribution in [0.15, 0.2) is 24.3 Å². The first-order chi connectivity index (χ1) is 17.5. The summed E-state index contributed by atoms with van der Waals surface area (Å²) in [6.07, 6.45) is 21.1. The summed E-state index contributed by atoms with van der Waals surface area (Å²) in [5.74, 6) is -0.244. The van der Waals surface area contributed by atoms with Gasteiger partial charge in [0.2, 0.25) is 5.91 Å². The van der Waals surface area contributed by atoms with Crippen LogP contribution in [-0.2, 0) is 18.4 Å². The van der Waals surface area contributed by atoms with E-state index in [0.29, 0.717) is 23.9 Å². The van der Waals surface area contributed by atoms with Crippen molar-refractivity contribution in [2.24, 2.45) is 0 Å². The molecule has 0 aromatic heterocycles. The Hall–Kier alpha value is -1.02. The summed E-state index contributed by atoms with van der Waals surface area (Å²) < 4.78 is 22.9. The van der Waals surface area contributed by atoms with Crippen LogP contribution < -0.4 is 5.32 Å². The Morgan fingerprint density at radius 1 is 0.892 bits per heavy atom. The van der Waals surface area contributed by atoms with Crippen molar-refractivity contribution >= 4 is 13.7 Å². The van der Waals surface area contributed by atoms with Crippen LogP contribution >= 0.6 is 7.82 Å². The Morgan fingerprint density at radius 2 is 1.49 bits per heavy atom. The molecule has 0 aliphatic carbocycles. The van der Waals surface area contributed by atoms with E-state index in [1.165, 1.54) is 51.4 Å². The maximum atomic E-state index is 12.2. The number of rotatable bonds is 24. The summed E-state index contributed by atoms with van der Waals surface area (Å²) in [6, 6.07) is -0.852. The minimum absolute atomic E-state index is 0.0547. The standard InChI is InChI=1S/C28H55N2O6P/c1-6-8-9-10-11-12-13-14-15-16-17-18-19-20-22-27(31)26(29-28(32)21-7-2)25-36-37(33,34)35-24-23-30(3,4)5/h16-17,20,22,26-27,31H,6-15,18-19,21,23-25H2,1-5H3,(H-,29,32,33,34)/p+1/b17-16+,22-20+. The second-order valence-electron chi connectivity index (χ2n) is 10.8.